The van der Waals surface area contributed by atoms with Crippen LogP contribution in [-0.4, -0.2) is 18.3 Å². The molecule has 0 aliphatic rings. The molecule has 0 aliphatic heterocycles. The highest BCUT2D eigenvalue weighted by molar-refractivity contribution is 7.26. The van der Waals surface area contributed by atoms with Crippen LogP contribution in [0.2, 0.25) is 0 Å². The maximum Gasteiger partial charge on any atom is 0.237 e. The number of nitriles is 1. The zero-order valence-corrected chi connectivity index (χ0v) is 44.4. The number of hydrogen-bond donors (Lipinski definition) is 0. The van der Waals surface area contributed by atoms with Gasteiger partial charge in [-0.15, -0.1) is 11.3 Å². The predicted molar refractivity (Wildman–Crippen MR) is 340 cm³/mol. The van der Waals surface area contributed by atoms with Crippen LogP contribution >= 0.6 is 11.3 Å². The highest BCUT2D eigenvalue weighted by atomic mass is 32.1. The van der Waals surface area contributed by atoms with Crippen LogP contribution in [0.1, 0.15) is 5.56 Å². The third-order valence-electron chi connectivity index (χ3n) is 17.2. The first kappa shape index (κ1) is 44.8. The van der Waals surface area contributed by atoms with E-state index >= 15 is 0 Å². The maximum absolute atomic E-state index is 12.7. The monoisotopic (exact) mass is 1060 g/mol. The summed E-state index contributed by atoms with van der Waals surface area (Å²) in [4.78, 5) is 4.84. The fraction of sp³-hybridized carbons (Fsp3) is 0. The second-order valence-electron chi connectivity index (χ2n) is 21.2. The Morgan fingerprint density at radius 2 is 0.780 bits per heavy atom. The van der Waals surface area contributed by atoms with Gasteiger partial charge in [0.1, 0.15) is 17.2 Å². The molecule has 0 atom stereocenters. The van der Waals surface area contributed by atoms with Gasteiger partial charge in [0.2, 0.25) is 5.69 Å². The minimum Gasteiger partial charge on any atom is -0.456 e. The van der Waals surface area contributed by atoms with Gasteiger partial charge in [0.25, 0.3) is 0 Å². The van der Waals surface area contributed by atoms with Crippen molar-refractivity contribution in [3.8, 4) is 39.9 Å². The normalized spacial score (nSPS) is 12.1. The predicted octanol–water partition coefficient (Wildman–Crippen LogP) is 20.4. The SMILES string of the molecule is [C-]#[N+]c1c(-n2c3ccccc3c3ccccc32)c(C#N)c(-n2c3ccccc3c3ccccc32)c(-n2c3cccc(-c4cccc5oc6ccccc6c45)c3c3ccc4c5ccccc5sc4c32)c1-n1c2ccccc2c2ccccc21. The lowest BCUT2D eigenvalue weighted by atomic mass is 9.95. The maximum atomic E-state index is 12.7. The van der Waals surface area contributed by atoms with Crippen LogP contribution in [0, 0.1) is 17.9 Å². The summed E-state index contributed by atoms with van der Waals surface area (Å²) in [7, 11) is 0. The fourth-order valence-electron chi connectivity index (χ4n) is 14.0. The lowest BCUT2D eigenvalue weighted by Gasteiger charge is -2.27. The summed E-state index contributed by atoms with van der Waals surface area (Å²) in [5.41, 5.74) is 14.4. The van der Waals surface area contributed by atoms with Crippen molar-refractivity contribution in [2.24, 2.45) is 0 Å². The molecule has 7 nitrogen and oxygen atoms in total. The first-order valence-electron chi connectivity index (χ1n) is 27.4. The molecule has 0 fully saturated rings. The Morgan fingerprint density at radius 3 is 1.33 bits per heavy atom. The third kappa shape index (κ3) is 5.79. The number of furan rings is 1. The highest BCUT2D eigenvalue weighted by Crippen LogP contribution is 2.54. The molecule has 6 heterocycles. The molecule has 0 bridgehead atoms. The van der Waals surface area contributed by atoms with Crippen LogP contribution in [0.5, 0.6) is 0 Å². The summed E-state index contributed by atoms with van der Waals surface area (Å²) >= 11 is 1.78. The van der Waals surface area contributed by atoms with Crippen LogP contribution in [0.4, 0.5) is 5.69 Å². The minimum atomic E-state index is 0.346. The molecule has 0 radical (unpaired) electrons. The van der Waals surface area contributed by atoms with Crippen molar-refractivity contribution in [2.75, 3.05) is 0 Å². The Labute approximate surface area is 471 Å². The van der Waals surface area contributed by atoms with Crippen molar-refractivity contribution in [2.45, 2.75) is 0 Å². The largest absolute Gasteiger partial charge is 0.456 e. The lowest BCUT2D eigenvalue weighted by Crippen LogP contribution is -2.14. The van der Waals surface area contributed by atoms with Gasteiger partial charge in [0, 0.05) is 69.3 Å². The lowest BCUT2D eigenvalue weighted by molar-refractivity contribution is 0.669. The summed E-state index contributed by atoms with van der Waals surface area (Å²) < 4.78 is 18.2. The van der Waals surface area contributed by atoms with Gasteiger partial charge >= 0.3 is 0 Å². The van der Waals surface area contributed by atoms with Crippen LogP contribution in [0.3, 0.4) is 0 Å². The zero-order valence-electron chi connectivity index (χ0n) is 43.6. The smallest absolute Gasteiger partial charge is 0.237 e. The van der Waals surface area contributed by atoms with Gasteiger partial charge < -0.3 is 22.7 Å². The molecule has 378 valence electrons. The molecule has 6 aromatic heterocycles. The third-order valence-corrected chi connectivity index (χ3v) is 18.4. The van der Waals surface area contributed by atoms with Crippen molar-refractivity contribution < 1.29 is 4.42 Å². The van der Waals surface area contributed by atoms with E-state index in [2.05, 4.69) is 255 Å². The summed E-state index contributed by atoms with van der Waals surface area (Å²) in [6.07, 6.45) is 0. The Morgan fingerprint density at radius 1 is 0.354 bits per heavy atom. The van der Waals surface area contributed by atoms with Crippen molar-refractivity contribution in [1.82, 2.24) is 18.3 Å². The quantitative estimate of drug-likeness (QED) is 0.161. The van der Waals surface area contributed by atoms with Crippen LogP contribution in [0.15, 0.2) is 247 Å². The van der Waals surface area contributed by atoms with E-state index in [1.165, 1.54) is 10.1 Å². The number of hydrogen-bond acceptors (Lipinski definition) is 3. The van der Waals surface area contributed by atoms with Gasteiger partial charge in [-0.3, -0.25) is 0 Å². The van der Waals surface area contributed by atoms with E-state index in [4.69, 9.17) is 9.26 Å². The molecule has 82 heavy (non-hydrogen) atoms. The Balaban J connectivity index is 1.16. The topological polar surface area (TPSA) is 61.0 Å². The average molecular weight is 1060 g/mol. The number of nitrogens with zero attached hydrogens (tertiary/aromatic N) is 6. The van der Waals surface area contributed by atoms with E-state index in [1.54, 1.807) is 11.3 Å². The van der Waals surface area contributed by atoms with Crippen molar-refractivity contribution in [1.29, 1.82) is 5.26 Å². The van der Waals surface area contributed by atoms with Gasteiger partial charge in [0.15, 0.2) is 0 Å². The van der Waals surface area contributed by atoms with E-state index in [0.29, 0.717) is 34.0 Å². The van der Waals surface area contributed by atoms with E-state index < -0.39 is 0 Å². The number of rotatable bonds is 5. The molecule has 0 saturated heterocycles. The summed E-state index contributed by atoms with van der Waals surface area (Å²) in [5.74, 6) is 0. The van der Waals surface area contributed by atoms with Crippen LogP contribution in [0.25, 0.3) is 168 Å². The molecule has 0 saturated carbocycles. The average Bonchev–Trinajstić information content (AvgIpc) is 1.91. The molecule has 12 aromatic carbocycles. The number of para-hydroxylation sites is 7. The highest BCUT2D eigenvalue weighted by Gasteiger charge is 2.35. The molecule has 0 N–H and O–H groups in total. The molecule has 0 unspecified atom stereocenters. The summed E-state index contributed by atoms with van der Waals surface area (Å²) in [6, 6.07) is 88.5. The van der Waals surface area contributed by atoms with Crippen LogP contribution < -0.4 is 0 Å². The van der Waals surface area contributed by atoms with Crippen LogP contribution in [-0.2, 0) is 0 Å². The number of fused-ring (bicyclic) bond motifs is 19. The standard InChI is InChI=1S/C74H40N6OS/c1-76-68-69(77-56-30-10-2-20-43(56)44-21-3-11-31-57(44)77)55(42-75)70(78-58-32-12-4-22-45(58)46-23-5-13-33-59(46)78)73(72(68)79-60-34-14-6-24-47(60)48-25-7-15-35-61(48)79)80-62-36-18-28-50(51-29-19-38-64-67(51)53-27-8-16-37-63(53)81-64)66(62)54-41-40-52-49-26-9-17-39-65(49)82-74(52)71(54)80/h2-41H. The molecule has 0 spiro atoms. The molecular weight excluding hydrogens is 1020 g/mol. The number of thiophene rings is 1. The second kappa shape index (κ2) is 16.7. The van der Waals surface area contributed by atoms with Gasteiger partial charge in [-0.25, -0.2) is 4.85 Å². The first-order chi connectivity index (χ1) is 40.7. The fourth-order valence-corrected chi connectivity index (χ4v) is 15.3. The van der Waals surface area contributed by atoms with E-state index in [1.807, 2.05) is 12.1 Å². The van der Waals surface area contributed by atoms with E-state index in [9.17, 15) is 11.8 Å². The first-order valence-corrected chi connectivity index (χ1v) is 28.3. The molecule has 8 heteroatoms. The number of benzene rings is 12. The van der Waals surface area contributed by atoms with E-state index in [0.717, 1.165) is 130 Å². The Hall–Kier alpha value is -11.2. The zero-order chi connectivity index (χ0) is 53.9. The van der Waals surface area contributed by atoms with Crippen molar-refractivity contribution in [3.63, 3.8) is 0 Å². The molecule has 0 amide bonds. The second-order valence-corrected chi connectivity index (χ2v) is 22.3. The minimum absolute atomic E-state index is 0.346. The molecule has 18 rings (SSSR count). The summed E-state index contributed by atoms with van der Waals surface area (Å²) in [5, 5.41) is 25.5. The van der Waals surface area contributed by atoms with Gasteiger partial charge in [0.05, 0.1) is 83.7 Å². The Bertz CT molecular complexity index is 5630. The van der Waals surface area contributed by atoms with Crippen molar-refractivity contribution in [3.05, 3.63) is 260 Å². The number of aromatic nitrogens is 4. The molecular formula is C74H40N6OS. The van der Waals surface area contributed by atoms with Gasteiger partial charge in [-0.05, 0) is 71.8 Å². The van der Waals surface area contributed by atoms with E-state index in [-0.39, 0.29) is 0 Å². The Kier molecular flexibility index (Phi) is 9.11. The summed E-state index contributed by atoms with van der Waals surface area (Å²) in [6.45, 7) is 9.93. The van der Waals surface area contributed by atoms with Gasteiger partial charge in [-0.1, -0.05) is 182 Å². The molecule has 0 aliphatic carbocycles. The van der Waals surface area contributed by atoms with Gasteiger partial charge in [-0.2, -0.15) is 5.26 Å². The molecule has 18 aromatic rings. The van der Waals surface area contributed by atoms with Crippen molar-refractivity contribution >= 4 is 146 Å².